The minimum atomic E-state index is 0.158. The van der Waals surface area contributed by atoms with Crippen LogP contribution in [0.15, 0.2) is 52.9 Å². The molecular weight excluding hydrogens is 308 g/mol. The van der Waals surface area contributed by atoms with Gasteiger partial charge in [-0.1, -0.05) is 36.4 Å². The van der Waals surface area contributed by atoms with Crippen LogP contribution in [-0.4, -0.2) is 24.4 Å². The average Bonchev–Trinajstić information content (AvgIpc) is 3.07. The maximum Gasteiger partial charge on any atom is 0.253 e. The monoisotopic (exact) mass is 326 g/mol. The zero-order valence-electron chi connectivity index (χ0n) is 13.6. The molecule has 2 aromatic carbocycles. The molecule has 0 saturated carbocycles. The van der Waals surface area contributed by atoms with Crippen molar-refractivity contribution in [2.75, 3.05) is 14.2 Å². The van der Waals surface area contributed by atoms with Gasteiger partial charge >= 0.3 is 0 Å². The van der Waals surface area contributed by atoms with Crippen molar-refractivity contribution in [2.24, 2.45) is 0 Å². The van der Waals surface area contributed by atoms with Crippen LogP contribution in [0.2, 0.25) is 0 Å². The van der Waals surface area contributed by atoms with Crippen molar-refractivity contribution in [2.45, 2.75) is 13.0 Å². The normalized spacial score (nSPS) is 10.4. The third kappa shape index (κ3) is 3.65. The predicted molar refractivity (Wildman–Crippen MR) is 87.4 cm³/mol. The highest BCUT2D eigenvalue weighted by Gasteiger charge is 2.13. The first-order valence-corrected chi connectivity index (χ1v) is 7.49. The summed E-state index contributed by atoms with van der Waals surface area (Å²) in [6.07, 6.45) is 0.594. The van der Waals surface area contributed by atoms with Crippen molar-refractivity contribution >= 4 is 0 Å². The molecule has 0 saturated heterocycles. The first kappa shape index (κ1) is 15.9. The molecule has 0 aliphatic carbocycles. The topological polar surface area (TPSA) is 66.6 Å². The van der Waals surface area contributed by atoms with Gasteiger partial charge in [-0.15, -0.1) is 10.2 Å². The molecule has 0 amide bonds. The summed E-state index contributed by atoms with van der Waals surface area (Å²) in [5.41, 5.74) is 1.11. The molecule has 0 N–H and O–H groups in total. The van der Waals surface area contributed by atoms with Crippen LogP contribution >= 0.6 is 0 Å². The molecule has 1 heterocycles. The van der Waals surface area contributed by atoms with Crippen molar-refractivity contribution < 1.29 is 18.6 Å². The van der Waals surface area contributed by atoms with E-state index in [1.54, 1.807) is 26.4 Å². The molecule has 6 heteroatoms. The van der Waals surface area contributed by atoms with Gasteiger partial charge in [0.25, 0.3) is 5.89 Å². The minimum absolute atomic E-state index is 0.158. The molecule has 0 unspecified atom stereocenters. The van der Waals surface area contributed by atoms with Crippen molar-refractivity contribution in [3.8, 4) is 17.2 Å². The van der Waals surface area contributed by atoms with E-state index in [0.29, 0.717) is 35.5 Å². The Bertz CT molecular complexity index is 787. The van der Waals surface area contributed by atoms with E-state index in [0.717, 1.165) is 5.56 Å². The van der Waals surface area contributed by atoms with Gasteiger partial charge < -0.3 is 18.6 Å². The van der Waals surface area contributed by atoms with Crippen LogP contribution in [0, 0.1) is 0 Å². The Morgan fingerprint density at radius 1 is 0.833 bits per heavy atom. The molecule has 0 atom stereocenters. The molecule has 3 rings (SSSR count). The van der Waals surface area contributed by atoms with Crippen LogP contribution in [0.4, 0.5) is 0 Å². The highest BCUT2D eigenvalue weighted by molar-refractivity contribution is 5.50. The molecule has 0 bridgehead atoms. The van der Waals surface area contributed by atoms with Crippen molar-refractivity contribution in [1.82, 2.24) is 10.2 Å². The lowest BCUT2D eigenvalue weighted by Gasteiger charge is -2.12. The van der Waals surface area contributed by atoms with Gasteiger partial charge in [0, 0.05) is 0 Å². The first-order chi connectivity index (χ1) is 11.8. The van der Waals surface area contributed by atoms with E-state index >= 15 is 0 Å². The Morgan fingerprint density at radius 2 is 1.58 bits per heavy atom. The Balaban J connectivity index is 1.66. The zero-order chi connectivity index (χ0) is 16.8. The molecule has 24 heavy (non-hydrogen) atoms. The Kier molecular flexibility index (Phi) is 4.96. The number of aromatic nitrogens is 2. The Morgan fingerprint density at radius 3 is 2.33 bits per heavy atom. The van der Waals surface area contributed by atoms with Crippen molar-refractivity contribution in [3.63, 3.8) is 0 Å². The fourth-order valence-electron chi connectivity index (χ4n) is 2.30. The summed E-state index contributed by atoms with van der Waals surface area (Å²) in [5.74, 6) is 2.65. The van der Waals surface area contributed by atoms with Gasteiger partial charge in [0.1, 0.15) is 0 Å². The molecule has 0 spiro atoms. The van der Waals surface area contributed by atoms with E-state index in [4.69, 9.17) is 18.6 Å². The van der Waals surface area contributed by atoms with Crippen LogP contribution in [0.3, 0.4) is 0 Å². The third-order valence-corrected chi connectivity index (χ3v) is 3.42. The molecule has 3 aromatic rings. The van der Waals surface area contributed by atoms with E-state index in [9.17, 15) is 0 Å². The largest absolute Gasteiger partial charge is 0.493 e. The predicted octanol–water partition coefficient (Wildman–Crippen LogP) is 3.26. The van der Waals surface area contributed by atoms with E-state index in [2.05, 4.69) is 10.2 Å². The summed E-state index contributed by atoms with van der Waals surface area (Å²) < 4.78 is 21.9. The second-order valence-corrected chi connectivity index (χ2v) is 5.03. The summed E-state index contributed by atoms with van der Waals surface area (Å²) in [5, 5.41) is 8.06. The van der Waals surface area contributed by atoms with Gasteiger partial charge in [0.2, 0.25) is 11.6 Å². The van der Waals surface area contributed by atoms with Crippen LogP contribution in [0.25, 0.3) is 0 Å². The maximum absolute atomic E-state index is 5.72. The highest BCUT2D eigenvalue weighted by atomic mass is 16.5. The van der Waals surface area contributed by atoms with E-state index in [1.165, 1.54) is 0 Å². The van der Waals surface area contributed by atoms with Crippen LogP contribution in [-0.2, 0) is 13.0 Å². The van der Waals surface area contributed by atoms with Crippen LogP contribution in [0.5, 0.6) is 17.2 Å². The molecule has 0 fully saturated rings. The number of nitrogens with zero attached hydrogens (tertiary/aromatic N) is 2. The standard InChI is InChI=1S/C18H18N2O4/c1-21-14-9-6-10-15(18(14)22-2)23-12-17-20-19-16(24-17)11-13-7-4-3-5-8-13/h3-10H,11-12H2,1-2H3. The first-order valence-electron chi connectivity index (χ1n) is 7.49. The van der Waals surface area contributed by atoms with E-state index < -0.39 is 0 Å². The summed E-state index contributed by atoms with van der Waals surface area (Å²) in [6, 6.07) is 15.4. The smallest absolute Gasteiger partial charge is 0.253 e. The third-order valence-electron chi connectivity index (χ3n) is 3.42. The van der Waals surface area contributed by atoms with Crippen LogP contribution < -0.4 is 14.2 Å². The maximum atomic E-state index is 5.72. The van der Waals surface area contributed by atoms with E-state index in [-0.39, 0.29) is 6.61 Å². The summed E-state index contributed by atoms with van der Waals surface area (Å²) in [4.78, 5) is 0. The zero-order valence-corrected chi connectivity index (χ0v) is 13.6. The second kappa shape index (κ2) is 7.50. The van der Waals surface area contributed by atoms with Gasteiger partial charge in [-0.05, 0) is 17.7 Å². The lowest BCUT2D eigenvalue weighted by molar-refractivity contribution is 0.243. The molecule has 0 aliphatic heterocycles. The van der Waals surface area contributed by atoms with Gasteiger partial charge in [-0.25, -0.2) is 0 Å². The summed E-state index contributed by atoms with van der Waals surface area (Å²) in [6.45, 7) is 0.158. The molecule has 124 valence electrons. The molecule has 0 aliphatic rings. The number of benzene rings is 2. The van der Waals surface area contributed by atoms with Gasteiger partial charge in [0.05, 0.1) is 20.6 Å². The number of hydrogen-bond acceptors (Lipinski definition) is 6. The number of ether oxygens (including phenoxy) is 3. The SMILES string of the molecule is COc1cccc(OCc2nnc(Cc3ccccc3)o2)c1OC. The number of hydrogen-bond donors (Lipinski definition) is 0. The Labute approximate surface area is 140 Å². The lowest BCUT2D eigenvalue weighted by Crippen LogP contribution is -1.99. The fourth-order valence-corrected chi connectivity index (χ4v) is 2.30. The lowest BCUT2D eigenvalue weighted by atomic mass is 10.2. The quantitative estimate of drug-likeness (QED) is 0.664. The highest BCUT2D eigenvalue weighted by Crippen LogP contribution is 2.36. The van der Waals surface area contributed by atoms with Gasteiger partial charge in [-0.3, -0.25) is 0 Å². The summed E-state index contributed by atoms with van der Waals surface area (Å²) >= 11 is 0. The molecule has 1 aromatic heterocycles. The number of methoxy groups -OCH3 is 2. The fraction of sp³-hybridized carbons (Fsp3) is 0.222. The van der Waals surface area contributed by atoms with Gasteiger partial charge in [0.15, 0.2) is 18.1 Å². The van der Waals surface area contributed by atoms with Crippen LogP contribution in [0.1, 0.15) is 17.3 Å². The van der Waals surface area contributed by atoms with Crippen molar-refractivity contribution in [1.29, 1.82) is 0 Å². The van der Waals surface area contributed by atoms with Crippen molar-refractivity contribution in [3.05, 3.63) is 65.9 Å². The number of para-hydroxylation sites is 1. The molecule has 0 radical (unpaired) electrons. The summed E-state index contributed by atoms with van der Waals surface area (Å²) in [7, 11) is 3.14. The van der Waals surface area contributed by atoms with Gasteiger partial charge in [-0.2, -0.15) is 0 Å². The number of rotatable bonds is 7. The second-order valence-electron chi connectivity index (χ2n) is 5.03. The Hall–Kier alpha value is -3.02. The molecular formula is C18H18N2O4. The minimum Gasteiger partial charge on any atom is -0.493 e. The molecule has 6 nitrogen and oxygen atoms in total. The van der Waals surface area contributed by atoms with E-state index in [1.807, 2.05) is 36.4 Å². The average molecular weight is 326 g/mol.